The summed E-state index contributed by atoms with van der Waals surface area (Å²) in [4.78, 5) is 24.0. The van der Waals surface area contributed by atoms with Gasteiger partial charge in [0, 0.05) is 0 Å². The van der Waals surface area contributed by atoms with Crippen LogP contribution in [0.1, 0.15) is 19.4 Å². The zero-order valence-electron chi connectivity index (χ0n) is 7.45. The van der Waals surface area contributed by atoms with E-state index in [4.69, 9.17) is 5.11 Å². The summed E-state index contributed by atoms with van der Waals surface area (Å²) >= 11 is 0. The van der Waals surface area contributed by atoms with Crippen LogP contribution in [0, 0.1) is 10.1 Å². The van der Waals surface area contributed by atoms with Crippen molar-refractivity contribution in [2.45, 2.75) is 19.4 Å². The number of hydrogen-bond acceptors (Lipinski definition) is 4. The van der Waals surface area contributed by atoms with E-state index in [0.29, 0.717) is 0 Å². The first-order valence-corrected chi connectivity index (χ1v) is 3.98. The van der Waals surface area contributed by atoms with Gasteiger partial charge in [0.15, 0.2) is 6.04 Å². The molecule has 0 aliphatic heterocycles. The normalized spacial score (nSPS) is 12.4. The highest BCUT2D eigenvalue weighted by molar-refractivity contribution is 5.72. The molecule has 0 fully saturated rings. The number of aromatic nitrogens is 2. The smallest absolute Gasteiger partial charge is 0.435 e. The summed E-state index contributed by atoms with van der Waals surface area (Å²) in [6.45, 7) is 1.64. The Kier molecular flexibility index (Phi) is 2.80. The number of carboxylic acid groups (broad SMARTS) is 1. The van der Waals surface area contributed by atoms with Crippen molar-refractivity contribution in [3.05, 3.63) is 22.5 Å². The van der Waals surface area contributed by atoms with Crippen molar-refractivity contribution in [3.63, 3.8) is 0 Å². The summed E-state index contributed by atoms with van der Waals surface area (Å²) in [7, 11) is 0. The van der Waals surface area contributed by atoms with Gasteiger partial charge < -0.3 is 15.2 Å². The molecular weight excluding hydrogens is 190 g/mol. The summed E-state index contributed by atoms with van der Waals surface area (Å²) in [5.74, 6) is -1.55. The Morgan fingerprint density at radius 3 is 2.93 bits per heavy atom. The fourth-order valence-electron chi connectivity index (χ4n) is 1.18. The van der Waals surface area contributed by atoms with Crippen LogP contribution in [0.5, 0.6) is 0 Å². The van der Waals surface area contributed by atoms with Crippen LogP contribution < -0.4 is 0 Å². The van der Waals surface area contributed by atoms with Crippen molar-refractivity contribution in [1.82, 2.24) is 9.55 Å². The zero-order valence-corrected chi connectivity index (χ0v) is 7.45. The van der Waals surface area contributed by atoms with Crippen molar-refractivity contribution < 1.29 is 14.8 Å². The number of imidazole rings is 1. The third kappa shape index (κ3) is 1.70. The van der Waals surface area contributed by atoms with Crippen LogP contribution in [-0.2, 0) is 4.79 Å². The van der Waals surface area contributed by atoms with Gasteiger partial charge in [0.05, 0.1) is 0 Å². The van der Waals surface area contributed by atoms with E-state index < -0.39 is 22.9 Å². The van der Waals surface area contributed by atoms with Crippen LogP contribution in [0.15, 0.2) is 12.4 Å². The lowest BCUT2D eigenvalue weighted by Crippen LogP contribution is -2.19. The summed E-state index contributed by atoms with van der Waals surface area (Å²) < 4.78 is 1.04. The van der Waals surface area contributed by atoms with Crippen LogP contribution >= 0.6 is 0 Å². The maximum atomic E-state index is 10.7. The molecule has 76 valence electrons. The van der Waals surface area contributed by atoms with Crippen molar-refractivity contribution >= 4 is 11.9 Å². The SMILES string of the molecule is CCC(C(=O)O)n1ccnc1[N+](=O)[O-]. The minimum atomic E-state index is -1.10. The van der Waals surface area contributed by atoms with Crippen molar-refractivity contribution in [1.29, 1.82) is 0 Å². The van der Waals surface area contributed by atoms with Gasteiger partial charge in [0.25, 0.3) is 0 Å². The lowest BCUT2D eigenvalue weighted by Gasteiger charge is -2.08. The molecule has 0 radical (unpaired) electrons. The molecule has 1 heterocycles. The number of carboxylic acids is 1. The number of carbonyl (C=O) groups is 1. The average Bonchev–Trinajstić information content (AvgIpc) is 2.53. The van der Waals surface area contributed by atoms with E-state index in [1.54, 1.807) is 6.92 Å². The molecule has 0 aliphatic rings. The van der Waals surface area contributed by atoms with Crippen LogP contribution in [0.3, 0.4) is 0 Å². The summed E-state index contributed by atoms with van der Waals surface area (Å²) in [6.07, 6.45) is 2.77. The molecule has 1 unspecified atom stereocenters. The highest BCUT2D eigenvalue weighted by Crippen LogP contribution is 2.18. The Balaban J connectivity index is 3.10. The molecular formula is C7H9N3O4. The fourth-order valence-corrected chi connectivity index (χ4v) is 1.18. The van der Waals surface area contributed by atoms with Gasteiger partial charge in [0.2, 0.25) is 0 Å². The van der Waals surface area contributed by atoms with Gasteiger partial charge in [-0.1, -0.05) is 11.9 Å². The molecule has 0 saturated heterocycles. The highest BCUT2D eigenvalue weighted by atomic mass is 16.6. The first-order chi connectivity index (χ1) is 6.57. The minimum absolute atomic E-state index is 0.270. The highest BCUT2D eigenvalue weighted by Gasteiger charge is 2.26. The molecule has 7 heteroatoms. The van der Waals surface area contributed by atoms with Gasteiger partial charge in [-0.2, -0.15) is 0 Å². The van der Waals surface area contributed by atoms with Gasteiger partial charge in [-0.3, -0.25) is 0 Å². The van der Waals surface area contributed by atoms with Crippen molar-refractivity contribution in [2.75, 3.05) is 0 Å². The first-order valence-electron chi connectivity index (χ1n) is 3.98. The van der Waals surface area contributed by atoms with Gasteiger partial charge in [0.1, 0.15) is 12.4 Å². The summed E-state index contributed by atoms with van der Waals surface area (Å²) in [6, 6.07) is -0.933. The largest absolute Gasteiger partial charge is 0.479 e. The van der Waals surface area contributed by atoms with Crippen LogP contribution in [0.2, 0.25) is 0 Å². The van der Waals surface area contributed by atoms with Gasteiger partial charge in [-0.05, 0) is 11.3 Å². The quantitative estimate of drug-likeness (QED) is 0.571. The third-order valence-electron chi connectivity index (χ3n) is 1.82. The number of rotatable bonds is 4. The fraction of sp³-hybridized carbons (Fsp3) is 0.429. The second kappa shape index (κ2) is 3.86. The van der Waals surface area contributed by atoms with Crippen LogP contribution in [-0.4, -0.2) is 25.6 Å². The molecule has 1 atom stereocenters. The van der Waals surface area contributed by atoms with Crippen LogP contribution in [0.4, 0.5) is 5.95 Å². The molecule has 14 heavy (non-hydrogen) atoms. The molecule has 1 aromatic heterocycles. The van der Waals surface area contributed by atoms with E-state index in [2.05, 4.69) is 4.98 Å². The third-order valence-corrected chi connectivity index (χ3v) is 1.82. The first kappa shape index (κ1) is 10.2. The summed E-state index contributed by atoms with van der Waals surface area (Å²) in [5.41, 5.74) is 0. The molecule has 1 rings (SSSR count). The molecule has 0 saturated carbocycles. The molecule has 7 nitrogen and oxygen atoms in total. The maximum absolute atomic E-state index is 10.7. The molecule has 0 bridgehead atoms. The lowest BCUT2D eigenvalue weighted by atomic mass is 10.2. The number of nitrogens with zero attached hydrogens (tertiary/aromatic N) is 3. The zero-order chi connectivity index (χ0) is 10.7. The van der Waals surface area contributed by atoms with E-state index >= 15 is 0 Å². The predicted octanol–water partition coefficient (Wildman–Crippen LogP) is 0.827. The Bertz CT molecular complexity index is 360. The number of aliphatic carboxylic acids is 1. The Hall–Kier alpha value is -1.92. The standard InChI is InChI=1S/C7H9N3O4/c1-2-5(6(11)12)9-4-3-8-7(9)10(13)14/h3-5H,2H2,1H3,(H,11,12). The second-order valence-corrected chi connectivity index (χ2v) is 2.65. The van der Waals surface area contributed by atoms with Crippen molar-refractivity contribution in [2.24, 2.45) is 0 Å². The van der Waals surface area contributed by atoms with Gasteiger partial charge in [-0.25, -0.2) is 9.36 Å². The second-order valence-electron chi connectivity index (χ2n) is 2.65. The molecule has 1 aromatic rings. The predicted molar refractivity (Wildman–Crippen MR) is 45.8 cm³/mol. The van der Waals surface area contributed by atoms with E-state index in [9.17, 15) is 14.9 Å². The van der Waals surface area contributed by atoms with E-state index in [-0.39, 0.29) is 6.42 Å². The molecule has 1 N–H and O–H groups in total. The Labute approximate surface area is 79.1 Å². The van der Waals surface area contributed by atoms with Gasteiger partial charge in [-0.15, -0.1) is 0 Å². The Morgan fingerprint density at radius 1 is 1.86 bits per heavy atom. The molecule has 0 amide bonds. The average molecular weight is 199 g/mol. The Morgan fingerprint density at radius 2 is 2.50 bits per heavy atom. The monoisotopic (exact) mass is 199 g/mol. The number of hydrogen-bond donors (Lipinski definition) is 1. The van der Waals surface area contributed by atoms with E-state index in [0.717, 1.165) is 4.57 Å². The molecule has 0 aliphatic carbocycles. The number of nitro groups is 1. The van der Waals surface area contributed by atoms with E-state index in [1.165, 1.54) is 12.4 Å². The van der Waals surface area contributed by atoms with Crippen LogP contribution in [0.25, 0.3) is 0 Å². The lowest BCUT2D eigenvalue weighted by molar-refractivity contribution is -0.397. The van der Waals surface area contributed by atoms with Gasteiger partial charge >= 0.3 is 11.9 Å². The summed E-state index contributed by atoms with van der Waals surface area (Å²) in [5, 5.41) is 19.2. The van der Waals surface area contributed by atoms with E-state index in [1.807, 2.05) is 0 Å². The molecule has 0 spiro atoms. The maximum Gasteiger partial charge on any atom is 0.435 e. The molecule has 0 aromatic carbocycles. The van der Waals surface area contributed by atoms with Crippen molar-refractivity contribution in [3.8, 4) is 0 Å². The topological polar surface area (TPSA) is 98.3 Å². The minimum Gasteiger partial charge on any atom is -0.479 e.